The molecule has 6 heterocycles. The van der Waals surface area contributed by atoms with E-state index < -0.39 is 0 Å². The summed E-state index contributed by atoms with van der Waals surface area (Å²) in [5, 5.41) is 14.3. The van der Waals surface area contributed by atoms with E-state index in [0.717, 1.165) is 168 Å². The van der Waals surface area contributed by atoms with Gasteiger partial charge in [0.15, 0.2) is 0 Å². The molecule has 28 rings (SSSR count). The molecule has 0 aliphatic carbocycles. The number of aryl methyl sites for hydroxylation is 1. The SMILES string of the molecule is Cc1cccc2sc3ccc(N(c4ccccc4)c4ccc5c(c4)oc4ccc(N(c6ccccc6)c6ccccc6)cc45)cc3c12.c1ccc(-c2ccc(N(c3ccc4c(c3)oc3ccc(N(c5ccccc5)c5ccccc5)cc34)c3cccc4sc5ccccc5c34)cc2)cc1.c1ccc(N(c2ccccc2)c2ccc3oc4cc(N(c5ccccc5)c5ccc6sc7ccccc7c6c5)ccc4c3c2)cc1. The third-order valence-electron chi connectivity index (χ3n) is 27.4. The summed E-state index contributed by atoms with van der Waals surface area (Å²) in [6.45, 7) is 2.20. The van der Waals surface area contributed by atoms with Crippen LogP contribution in [0.5, 0.6) is 0 Å². The van der Waals surface area contributed by atoms with Crippen molar-refractivity contribution in [2.45, 2.75) is 6.92 Å². The zero-order chi connectivity index (χ0) is 96.2. The first-order valence-corrected chi connectivity index (χ1v) is 51.2. The zero-order valence-electron chi connectivity index (χ0n) is 78.9. The number of para-hydroxylation sites is 8. The van der Waals surface area contributed by atoms with E-state index in [1.54, 1.807) is 0 Å². The van der Waals surface area contributed by atoms with Gasteiger partial charge in [-0.25, -0.2) is 0 Å². The lowest BCUT2D eigenvalue weighted by atomic mass is 10.0. The van der Waals surface area contributed by atoms with E-state index in [1.807, 2.05) is 34.0 Å². The van der Waals surface area contributed by atoms with Crippen LogP contribution in [-0.4, -0.2) is 0 Å². The Labute approximate surface area is 850 Å². The minimum absolute atomic E-state index is 0.851. The van der Waals surface area contributed by atoms with Gasteiger partial charge in [-0.3, -0.25) is 0 Å². The highest BCUT2D eigenvalue weighted by atomic mass is 32.1. The number of hydrogen-bond acceptors (Lipinski definition) is 12. The molecule has 0 unspecified atom stereocenters. The molecule has 0 bridgehead atoms. The molecule has 0 radical (unpaired) electrons. The molecule has 9 nitrogen and oxygen atoms in total. The minimum atomic E-state index is 0.851. The van der Waals surface area contributed by atoms with Gasteiger partial charge in [0, 0.05) is 208 Å². The van der Waals surface area contributed by atoms with E-state index in [1.165, 1.54) is 77.2 Å². The molecule has 688 valence electrons. The summed E-state index contributed by atoms with van der Waals surface area (Å²) in [5.41, 5.74) is 28.5. The summed E-state index contributed by atoms with van der Waals surface area (Å²) in [6.07, 6.45) is 0. The average Bonchev–Trinajstić information content (AvgIpc) is 1.59. The molecular weight excluding hydrogens is 1830 g/mol. The van der Waals surface area contributed by atoms with Crippen molar-refractivity contribution in [3.63, 3.8) is 0 Å². The first-order chi connectivity index (χ1) is 71.8. The number of furan rings is 3. The van der Waals surface area contributed by atoms with Gasteiger partial charge in [0.25, 0.3) is 0 Å². The second kappa shape index (κ2) is 37.7. The van der Waals surface area contributed by atoms with Crippen LogP contribution in [0.25, 0.3) is 137 Å². The minimum Gasteiger partial charge on any atom is -0.456 e. The topological polar surface area (TPSA) is 58.9 Å². The Balaban J connectivity index is 0.000000111. The van der Waals surface area contributed by atoms with Gasteiger partial charge in [0.2, 0.25) is 0 Å². The molecule has 6 aromatic heterocycles. The van der Waals surface area contributed by atoms with E-state index in [9.17, 15) is 0 Å². The number of rotatable bonds is 19. The van der Waals surface area contributed by atoms with E-state index in [4.69, 9.17) is 13.3 Å². The standard InChI is InChI=1S/C48H32N2OS.C43H30N2OS.C42H28N2OS/c1-4-13-33(14-5-1)34-23-25-37(26-24-34)50(43-20-12-22-47-48(43)41-19-10-11-21-46(41)52-47)39-27-29-40-42-31-38(28-30-44(42)51-45(40)32-39)49(35-15-6-2-7-16-35)36-17-8-3-9-18-36;1-29-12-11-19-42-43(29)38-27-34(22-25-41(38)47-42)45(32-17-9-4-10-18-32)35-20-23-36-37-26-33(21-24-39(37)46-40(36)28-35)44(30-13-5-2-6-14-30)31-15-7-3-8-16-31;1-4-12-29(13-5-1)43(30-14-6-2-7-15-30)32-21-24-39-37(26-32)35-23-20-34(28-40(35)45-39)44(31-16-8-3-9-17-31)33-22-25-42-38(27-33)36-18-10-11-19-41(36)46-42/h1-32H;2-28H,1H3;1-28H. The largest absolute Gasteiger partial charge is 0.456 e. The van der Waals surface area contributed by atoms with Gasteiger partial charge in [-0.15, -0.1) is 34.0 Å². The lowest BCUT2D eigenvalue weighted by molar-refractivity contribution is 0.668. The fourth-order valence-corrected chi connectivity index (χ4v) is 24.1. The molecule has 0 fully saturated rings. The Kier molecular flexibility index (Phi) is 22.6. The van der Waals surface area contributed by atoms with Gasteiger partial charge in [-0.05, 0) is 291 Å². The van der Waals surface area contributed by atoms with Gasteiger partial charge in [-0.1, -0.05) is 243 Å². The molecule has 0 saturated carbocycles. The van der Waals surface area contributed by atoms with Gasteiger partial charge in [-0.2, -0.15) is 0 Å². The molecular formula is C133H90N6O3S3. The van der Waals surface area contributed by atoms with Crippen molar-refractivity contribution in [3.8, 4) is 11.1 Å². The van der Waals surface area contributed by atoms with Crippen molar-refractivity contribution in [1.29, 1.82) is 0 Å². The van der Waals surface area contributed by atoms with E-state index in [0.29, 0.717) is 0 Å². The van der Waals surface area contributed by atoms with Crippen LogP contribution in [0.2, 0.25) is 0 Å². The van der Waals surface area contributed by atoms with Crippen LogP contribution in [0.1, 0.15) is 5.56 Å². The van der Waals surface area contributed by atoms with Crippen LogP contribution in [0, 0.1) is 6.92 Å². The molecule has 0 aliphatic heterocycles. The van der Waals surface area contributed by atoms with E-state index in [-0.39, 0.29) is 0 Å². The molecule has 0 atom stereocenters. The third kappa shape index (κ3) is 16.5. The molecule has 12 heteroatoms. The second-order valence-corrected chi connectivity index (χ2v) is 39.5. The quantitative estimate of drug-likeness (QED) is 0.0788. The highest BCUT2D eigenvalue weighted by Gasteiger charge is 2.27. The Morgan fingerprint density at radius 1 is 0.145 bits per heavy atom. The molecule has 22 aromatic carbocycles. The third-order valence-corrected chi connectivity index (χ3v) is 30.8. The van der Waals surface area contributed by atoms with Crippen molar-refractivity contribution in [1.82, 2.24) is 0 Å². The predicted molar refractivity (Wildman–Crippen MR) is 618 cm³/mol. The van der Waals surface area contributed by atoms with Crippen LogP contribution in [0.3, 0.4) is 0 Å². The summed E-state index contributed by atoms with van der Waals surface area (Å²) in [4.78, 5) is 13.9. The summed E-state index contributed by atoms with van der Waals surface area (Å²) in [6, 6.07) is 187. The molecule has 0 N–H and O–H groups in total. The Hall–Kier alpha value is -18.3. The van der Waals surface area contributed by atoms with E-state index >= 15 is 0 Å². The lowest BCUT2D eigenvalue weighted by Gasteiger charge is -2.26. The van der Waals surface area contributed by atoms with E-state index in [2.05, 4.69) is 564 Å². The molecule has 0 spiro atoms. The van der Waals surface area contributed by atoms with Gasteiger partial charge >= 0.3 is 0 Å². The number of fused-ring (bicyclic) bond motifs is 18. The summed E-state index contributed by atoms with van der Waals surface area (Å²) >= 11 is 5.54. The number of benzene rings is 22. The van der Waals surface area contributed by atoms with Gasteiger partial charge < -0.3 is 42.7 Å². The Morgan fingerprint density at radius 2 is 0.400 bits per heavy atom. The first-order valence-electron chi connectivity index (χ1n) is 48.8. The Morgan fingerprint density at radius 3 is 0.800 bits per heavy atom. The monoisotopic (exact) mass is 1910 g/mol. The molecule has 28 aromatic rings. The maximum absolute atomic E-state index is 6.64. The van der Waals surface area contributed by atoms with Gasteiger partial charge in [0.05, 0.1) is 5.69 Å². The maximum atomic E-state index is 6.64. The molecule has 145 heavy (non-hydrogen) atoms. The zero-order valence-corrected chi connectivity index (χ0v) is 81.3. The normalized spacial score (nSPS) is 11.5. The average molecular weight is 1920 g/mol. The number of nitrogens with zero attached hydrogens (tertiary/aromatic N) is 6. The van der Waals surface area contributed by atoms with Crippen LogP contribution >= 0.6 is 34.0 Å². The van der Waals surface area contributed by atoms with Crippen molar-refractivity contribution < 1.29 is 13.3 Å². The summed E-state index contributed by atoms with van der Waals surface area (Å²) in [7, 11) is 0. The predicted octanol–water partition coefficient (Wildman–Crippen LogP) is 40.7. The van der Waals surface area contributed by atoms with Crippen LogP contribution in [0.4, 0.5) is 102 Å². The van der Waals surface area contributed by atoms with Crippen LogP contribution in [0.15, 0.2) is 541 Å². The fraction of sp³-hybridized carbons (Fsp3) is 0.00752. The van der Waals surface area contributed by atoms with Crippen molar-refractivity contribution in [3.05, 3.63) is 533 Å². The van der Waals surface area contributed by atoms with Crippen molar-refractivity contribution in [2.75, 3.05) is 29.4 Å². The first kappa shape index (κ1) is 87.0. The number of thiophene rings is 3. The van der Waals surface area contributed by atoms with Gasteiger partial charge in [0.1, 0.15) is 33.5 Å². The molecule has 0 aliphatic rings. The fourth-order valence-electron chi connectivity index (χ4n) is 20.7. The van der Waals surface area contributed by atoms with Crippen LogP contribution in [-0.2, 0) is 0 Å². The lowest BCUT2D eigenvalue weighted by Crippen LogP contribution is -2.10. The molecule has 0 saturated heterocycles. The number of anilines is 18. The maximum Gasteiger partial charge on any atom is 0.137 e. The van der Waals surface area contributed by atoms with Crippen LogP contribution < -0.4 is 29.4 Å². The number of hydrogen-bond donors (Lipinski definition) is 0. The molecule has 0 amide bonds. The smallest absolute Gasteiger partial charge is 0.137 e. The summed E-state index contributed by atoms with van der Waals surface area (Å²) < 4.78 is 27.5. The highest BCUT2D eigenvalue weighted by Crippen LogP contribution is 2.52. The van der Waals surface area contributed by atoms with Crippen molar-refractivity contribution >= 4 is 263 Å². The second-order valence-electron chi connectivity index (χ2n) is 36.3. The highest BCUT2D eigenvalue weighted by molar-refractivity contribution is 7.26. The Bertz CT molecular complexity index is 9500. The van der Waals surface area contributed by atoms with Crippen molar-refractivity contribution in [2.24, 2.45) is 0 Å². The summed E-state index contributed by atoms with van der Waals surface area (Å²) in [5.74, 6) is 0.